The Morgan fingerprint density at radius 2 is 1.65 bits per heavy atom. The molecule has 3 atom stereocenters. The van der Waals surface area contributed by atoms with Gasteiger partial charge in [0.25, 0.3) is 5.91 Å². The molecule has 0 aliphatic carbocycles. The van der Waals surface area contributed by atoms with Crippen LogP contribution in [-0.2, 0) is 30.3 Å². The highest BCUT2D eigenvalue weighted by Crippen LogP contribution is 2.38. The lowest BCUT2D eigenvalue weighted by Crippen LogP contribution is -2.39. The Hall–Kier alpha value is -2.71. The van der Waals surface area contributed by atoms with Gasteiger partial charge in [0.2, 0.25) is 6.29 Å². The maximum Gasteiger partial charge on any atom is 0.286 e. The average Bonchev–Trinajstić information content (AvgIpc) is 2.88. The first-order chi connectivity index (χ1) is 16.7. The molecular formula is C27H35NO6. The minimum atomic E-state index is -0.563. The molecule has 0 saturated carbocycles. The Balaban J connectivity index is 1.70. The van der Waals surface area contributed by atoms with Crippen LogP contribution in [0.5, 0.6) is 0 Å². The fourth-order valence-electron chi connectivity index (χ4n) is 3.96. The van der Waals surface area contributed by atoms with Gasteiger partial charge >= 0.3 is 0 Å². The Kier molecular flexibility index (Phi) is 11.1. The monoisotopic (exact) mass is 469 g/mol. The number of hydrogen-bond donors (Lipinski definition) is 2. The lowest BCUT2D eigenvalue weighted by molar-refractivity contribution is -0.168. The molecule has 0 spiro atoms. The van der Waals surface area contributed by atoms with E-state index in [9.17, 15) is 4.79 Å². The summed E-state index contributed by atoms with van der Waals surface area (Å²) in [6.45, 7) is 4.51. The number of amides is 1. The van der Waals surface area contributed by atoms with Crippen LogP contribution in [-0.4, -0.2) is 56.9 Å². The Morgan fingerprint density at radius 3 is 2.32 bits per heavy atom. The van der Waals surface area contributed by atoms with Gasteiger partial charge in [-0.15, -0.1) is 0 Å². The number of carbonyl (C=O) groups is 1. The van der Waals surface area contributed by atoms with E-state index in [4.69, 9.17) is 24.1 Å². The van der Waals surface area contributed by atoms with Crippen molar-refractivity contribution in [2.75, 3.05) is 39.6 Å². The standard InChI is InChI=1S/C27H35NO6/c1-2-33-27-23(13-15-31-17-18-32-16-14-29)24(22-11-7-4-8-12-22)19-25(34-27)26(30)28-20-21-9-5-3-6-10-21/h3-12,19,23-24,27,29H,2,13-18,20H2,1H3,(H,28,30)/t23-,24-,27-/m0/s1. The molecule has 1 heterocycles. The summed E-state index contributed by atoms with van der Waals surface area (Å²) >= 11 is 0. The van der Waals surface area contributed by atoms with Crippen LogP contribution in [0.3, 0.4) is 0 Å². The number of hydrogen-bond acceptors (Lipinski definition) is 6. The molecule has 0 saturated heterocycles. The predicted octanol–water partition coefficient (Wildman–Crippen LogP) is 3.40. The first kappa shape index (κ1) is 25.9. The molecule has 1 amide bonds. The van der Waals surface area contributed by atoms with Gasteiger partial charge in [-0.1, -0.05) is 60.7 Å². The van der Waals surface area contributed by atoms with E-state index < -0.39 is 6.29 Å². The van der Waals surface area contributed by atoms with Crippen LogP contribution >= 0.6 is 0 Å². The Morgan fingerprint density at radius 1 is 0.971 bits per heavy atom. The maximum absolute atomic E-state index is 13.0. The molecule has 184 valence electrons. The zero-order chi connectivity index (χ0) is 24.0. The van der Waals surface area contributed by atoms with Gasteiger partial charge in [-0.3, -0.25) is 4.79 Å². The Labute approximate surface area is 201 Å². The van der Waals surface area contributed by atoms with Gasteiger partial charge in [0.1, 0.15) is 0 Å². The minimum Gasteiger partial charge on any atom is -0.459 e. The van der Waals surface area contributed by atoms with Crippen LogP contribution in [0.2, 0.25) is 0 Å². The molecule has 2 aromatic carbocycles. The van der Waals surface area contributed by atoms with E-state index in [1.165, 1.54) is 0 Å². The number of nitrogens with one attached hydrogen (secondary N) is 1. The van der Waals surface area contributed by atoms with E-state index in [-0.39, 0.29) is 30.1 Å². The lowest BCUT2D eigenvalue weighted by atomic mass is 9.81. The third kappa shape index (κ3) is 7.95. The van der Waals surface area contributed by atoms with Gasteiger partial charge in [0.15, 0.2) is 5.76 Å². The summed E-state index contributed by atoms with van der Waals surface area (Å²) in [5, 5.41) is 11.7. The van der Waals surface area contributed by atoms with Gasteiger partial charge < -0.3 is 29.4 Å². The van der Waals surface area contributed by atoms with Crippen molar-refractivity contribution in [3.8, 4) is 0 Å². The quantitative estimate of drug-likeness (QED) is 0.413. The first-order valence-electron chi connectivity index (χ1n) is 11.9. The first-order valence-corrected chi connectivity index (χ1v) is 11.9. The summed E-state index contributed by atoms with van der Waals surface area (Å²) in [7, 11) is 0. The van der Waals surface area contributed by atoms with Crippen LogP contribution < -0.4 is 5.32 Å². The molecule has 0 bridgehead atoms. The van der Waals surface area contributed by atoms with E-state index in [1.54, 1.807) is 0 Å². The second-order valence-corrected chi connectivity index (χ2v) is 7.98. The van der Waals surface area contributed by atoms with Crippen LogP contribution in [0, 0.1) is 5.92 Å². The molecule has 7 nitrogen and oxygen atoms in total. The Bertz CT molecular complexity index is 873. The number of allylic oxidation sites excluding steroid dienone is 1. The van der Waals surface area contributed by atoms with E-state index in [0.717, 1.165) is 11.1 Å². The smallest absolute Gasteiger partial charge is 0.286 e. The number of aliphatic hydroxyl groups is 1. The number of aliphatic hydroxyl groups excluding tert-OH is 1. The zero-order valence-corrected chi connectivity index (χ0v) is 19.7. The van der Waals surface area contributed by atoms with Gasteiger partial charge in [-0.05, 0) is 30.5 Å². The van der Waals surface area contributed by atoms with Gasteiger partial charge in [-0.25, -0.2) is 0 Å². The third-order valence-electron chi connectivity index (χ3n) is 5.62. The predicted molar refractivity (Wildman–Crippen MR) is 129 cm³/mol. The minimum absolute atomic E-state index is 0.00178. The average molecular weight is 470 g/mol. The fourth-order valence-corrected chi connectivity index (χ4v) is 3.96. The van der Waals surface area contributed by atoms with Crippen molar-refractivity contribution in [3.63, 3.8) is 0 Å². The number of carbonyl (C=O) groups excluding carboxylic acids is 1. The summed E-state index contributed by atoms with van der Waals surface area (Å²) < 4.78 is 23.0. The highest BCUT2D eigenvalue weighted by molar-refractivity contribution is 5.91. The number of rotatable bonds is 14. The molecule has 34 heavy (non-hydrogen) atoms. The van der Waals surface area contributed by atoms with E-state index in [2.05, 4.69) is 17.4 Å². The second-order valence-electron chi connectivity index (χ2n) is 7.98. The van der Waals surface area contributed by atoms with Crippen molar-refractivity contribution in [2.45, 2.75) is 32.1 Å². The van der Waals surface area contributed by atoms with Crippen molar-refractivity contribution < 1.29 is 28.8 Å². The topological polar surface area (TPSA) is 86.3 Å². The summed E-state index contributed by atoms with van der Waals surface area (Å²) in [5.74, 6) is -0.0624. The van der Waals surface area contributed by atoms with Crippen molar-refractivity contribution >= 4 is 5.91 Å². The van der Waals surface area contributed by atoms with Crippen molar-refractivity contribution in [1.29, 1.82) is 0 Å². The van der Waals surface area contributed by atoms with Gasteiger partial charge in [0, 0.05) is 31.6 Å². The summed E-state index contributed by atoms with van der Waals surface area (Å²) in [6.07, 6.45) is 2.03. The molecule has 0 aromatic heterocycles. The van der Waals surface area contributed by atoms with Crippen molar-refractivity contribution in [1.82, 2.24) is 5.32 Å². The molecule has 1 aliphatic heterocycles. The highest BCUT2D eigenvalue weighted by Gasteiger charge is 2.37. The second kappa shape index (κ2) is 14.5. The highest BCUT2D eigenvalue weighted by atomic mass is 16.7. The van der Waals surface area contributed by atoms with Gasteiger partial charge in [-0.2, -0.15) is 0 Å². The SMILES string of the molecule is CCO[C@H]1OC(C(=O)NCc2ccccc2)=C[C@@H](c2ccccc2)[C@@H]1CCOCCOCCO. The molecule has 0 unspecified atom stereocenters. The molecule has 7 heteroatoms. The number of ether oxygens (including phenoxy) is 4. The van der Waals surface area contributed by atoms with Crippen LogP contribution in [0.4, 0.5) is 0 Å². The van der Waals surface area contributed by atoms with E-state index >= 15 is 0 Å². The lowest BCUT2D eigenvalue weighted by Gasteiger charge is -2.37. The molecule has 0 radical (unpaired) electrons. The maximum atomic E-state index is 13.0. The van der Waals surface area contributed by atoms with Crippen LogP contribution in [0.25, 0.3) is 0 Å². The van der Waals surface area contributed by atoms with Crippen LogP contribution in [0.1, 0.15) is 30.4 Å². The molecular weight excluding hydrogens is 434 g/mol. The summed E-state index contributed by atoms with van der Waals surface area (Å²) in [5.41, 5.74) is 2.12. The summed E-state index contributed by atoms with van der Waals surface area (Å²) in [6, 6.07) is 19.9. The van der Waals surface area contributed by atoms with Crippen molar-refractivity contribution in [2.24, 2.45) is 5.92 Å². The molecule has 1 aliphatic rings. The normalized spacial score (nSPS) is 19.8. The van der Waals surface area contributed by atoms with E-state index in [0.29, 0.717) is 46.0 Å². The molecule has 2 N–H and O–H groups in total. The number of benzene rings is 2. The fraction of sp³-hybridized carbons (Fsp3) is 0.444. The van der Waals surface area contributed by atoms with Crippen LogP contribution in [0.15, 0.2) is 72.5 Å². The van der Waals surface area contributed by atoms with E-state index in [1.807, 2.05) is 61.5 Å². The largest absolute Gasteiger partial charge is 0.459 e. The van der Waals surface area contributed by atoms with Crippen molar-refractivity contribution in [3.05, 3.63) is 83.6 Å². The summed E-state index contributed by atoms with van der Waals surface area (Å²) in [4.78, 5) is 13.0. The van der Waals surface area contributed by atoms with Gasteiger partial charge in [0.05, 0.1) is 26.4 Å². The molecule has 3 rings (SSSR count). The molecule has 2 aromatic rings. The third-order valence-corrected chi connectivity index (χ3v) is 5.62. The zero-order valence-electron chi connectivity index (χ0n) is 19.7. The molecule has 0 fully saturated rings.